The van der Waals surface area contributed by atoms with Gasteiger partial charge in [0.05, 0.1) is 14.2 Å². The molecule has 0 bridgehead atoms. The Morgan fingerprint density at radius 3 is 2.48 bits per heavy atom. The van der Waals surface area contributed by atoms with E-state index >= 15 is 0 Å². The zero-order valence-electron chi connectivity index (χ0n) is 18.2. The molecule has 0 saturated heterocycles. The Labute approximate surface area is 180 Å². The number of amides is 1. The van der Waals surface area contributed by atoms with Crippen molar-refractivity contribution in [2.45, 2.75) is 33.1 Å². The van der Waals surface area contributed by atoms with Gasteiger partial charge in [0.15, 0.2) is 11.5 Å². The third-order valence-corrected chi connectivity index (χ3v) is 5.46. The molecule has 1 amide bonds. The van der Waals surface area contributed by atoms with Gasteiger partial charge in [0.2, 0.25) is 5.91 Å². The van der Waals surface area contributed by atoms with E-state index in [0.717, 1.165) is 16.5 Å². The van der Waals surface area contributed by atoms with Crippen molar-refractivity contribution in [3.05, 3.63) is 63.0 Å². The highest BCUT2D eigenvalue weighted by Crippen LogP contribution is 2.29. The second-order valence-electron chi connectivity index (χ2n) is 7.37. The van der Waals surface area contributed by atoms with Crippen molar-refractivity contribution >= 4 is 16.9 Å². The van der Waals surface area contributed by atoms with Crippen LogP contribution in [0.2, 0.25) is 0 Å². The molecular formula is C24H27NO6. The van der Waals surface area contributed by atoms with E-state index in [2.05, 4.69) is 5.32 Å². The number of carbonyl (C=O) groups is 1. The average Bonchev–Trinajstić information content (AvgIpc) is 2.76. The fourth-order valence-corrected chi connectivity index (χ4v) is 3.58. The van der Waals surface area contributed by atoms with Gasteiger partial charge in [-0.1, -0.05) is 6.07 Å². The molecule has 0 atom stereocenters. The molecule has 0 radical (unpaired) electrons. The zero-order chi connectivity index (χ0) is 22.5. The lowest BCUT2D eigenvalue weighted by molar-refractivity contribution is -0.121. The maximum Gasteiger partial charge on any atom is 0.339 e. The number of methoxy groups -OCH3 is 2. The first-order valence-electron chi connectivity index (χ1n) is 10.1. The molecule has 3 aromatic rings. The molecule has 2 N–H and O–H groups in total. The van der Waals surface area contributed by atoms with Crippen molar-refractivity contribution < 1.29 is 23.8 Å². The number of fused-ring (bicyclic) bond motifs is 1. The van der Waals surface area contributed by atoms with E-state index in [1.54, 1.807) is 33.3 Å². The molecule has 31 heavy (non-hydrogen) atoms. The molecule has 0 fully saturated rings. The molecule has 0 saturated carbocycles. The van der Waals surface area contributed by atoms with Gasteiger partial charge < -0.3 is 24.3 Å². The summed E-state index contributed by atoms with van der Waals surface area (Å²) in [6, 6.07) is 8.95. The maximum atomic E-state index is 12.4. The quantitative estimate of drug-likeness (QED) is 0.537. The molecule has 0 spiro atoms. The predicted octanol–water partition coefficient (Wildman–Crippen LogP) is 3.42. The van der Waals surface area contributed by atoms with Crippen LogP contribution in [0.1, 0.15) is 28.7 Å². The van der Waals surface area contributed by atoms with Crippen LogP contribution in [0.25, 0.3) is 11.0 Å². The minimum atomic E-state index is -0.475. The number of hydrogen-bond donors (Lipinski definition) is 2. The molecule has 0 aliphatic rings. The lowest BCUT2D eigenvalue weighted by Crippen LogP contribution is -2.26. The summed E-state index contributed by atoms with van der Waals surface area (Å²) in [6.07, 6.45) is 1.11. The molecular weight excluding hydrogens is 398 g/mol. The van der Waals surface area contributed by atoms with Crippen LogP contribution in [0.5, 0.6) is 17.2 Å². The van der Waals surface area contributed by atoms with Gasteiger partial charge in [0.25, 0.3) is 0 Å². The second kappa shape index (κ2) is 9.55. The molecule has 7 heteroatoms. The van der Waals surface area contributed by atoms with E-state index in [1.807, 2.05) is 25.1 Å². The van der Waals surface area contributed by atoms with Crippen molar-refractivity contribution in [2.75, 3.05) is 20.8 Å². The van der Waals surface area contributed by atoms with Crippen LogP contribution in [0.15, 0.2) is 39.5 Å². The summed E-state index contributed by atoms with van der Waals surface area (Å²) >= 11 is 0. The third-order valence-electron chi connectivity index (χ3n) is 5.46. The predicted molar refractivity (Wildman–Crippen MR) is 118 cm³/mol. The van der Waals surface area contributed by atoms with Crippen molar-refractivity contribution in [1.82, 2.24) is 5.32 Å². The van der Waals surface area contributed by atoms with Gasteiger partial charge in [-0.3, -0.25) is 4.79 Å². The van der Waals surface area contributed by atoms with Crippen LogP contribution in [0, 0.1) is 13.8 Å². The largest absolute Gasteiger partial charge is 0.508 e. The highest BCUT2D eigenvalue weighted by atomic mass is 16.5. The first-order chi connectivity index (χ1) is 14.8. The molecule has 0 aliphatic heterocycles. The van der Waals surface area contributed by atoms with Gasteiger partial charge >= 0.3 is 5.63 Å². The number of aryl methyl sites for hydroxylation is 2. The first kappa shape index (κ1) is 22.2. The second-order valence-corrected chi connectivity index (χ2v) is 7.37. The highest BCUT2D eigenvalue weighted by molar-refractivity contribution is 5.85. The Morgan fingerprint density at radius 1 is 1.03 bits per heavy atom. The number of carbonyl (C=O) groups excluding carboxylic acids is 1. The van der Waals surface area contributed by atoms with Gasteiger partial charge in [-0.25, -0.2) is 4.79 Å². The summed E-state index contributed by atoms with van der Waals surface area (Å²) < 4.78 is 15.9. The summed E-state index contributed by atoms with van der Waals surface area (Å²) in [4.78, 5) is 24.7. The normalized spacial score (nSPS) is 10.8. The van der Waals surface area contributed by atoms with Crippen molar-refractivity contribution in [2.24, 2.45) is 0 Å². The number of nitrogens with one attached hydrogen (secondary N) is 1. The fourth-order valence-electron chi connectivity index (χ4n) is 3.58. The summed E-state index contributed by atoms with van der Waals surface area (Å²) in [5.41, 5.74) is 2.70. The number of aromatic hydroxyl groups is 1. The highest BCUT2D eigenvalue weighted by Gasteiger charge is 2.15. The molecule has 3 rings (SSSR count). The first-order valence-corrected chi connectivity index (χ1v) is 10.1. The maximum absolute atomic E-state index is 12.4. The summed E-state index contributed by atoms with van der Waals surface area (Å²) in [5.74, 6) is 1.25. The van der Waals surface area contributed by atoms with Crippen molar-refractivity contribution in [3.63, 3.8) is 0 Å². The Hall–Kier alpha value is -3.48. The van der Waals surface area contributed by atoms with Crippen LogP contribution in [-0.4, -0.2) is 31.8 Å². The van der Waals surface area contributed by atoms with Crippen molar-refractivity contribution in [1.29, 1.82) is 0 Å². The Balaban J connectivity index is 1.61. The molecule has 0 aliphatic carbocycles. The number of hydrogen-bond acceptors (Lipinski definition) is 6. The van der Waals surface area contributed by atoms with Gasteiger partial charge in [-0.15, -0.1) is 0 Å². The number of ether oxygens (including phenoxy) is 2. The SMILES string of the molecule is COc1ccc(CCNC(=O)CCc2c(C)c3ccc(O)c(C)c3oc2=O)cc1OC. The third kappa shape index (κ3) is 4.82. The average molecular weight is 425 g/mol. The number of phenolic OH excluding ortho intramolecular Hbond substituents is 1. The van der Waals surface area contributed by atoms with Gasteiger partial charge in [0, 0.05) is 29.5 Å². The molecule has 1 aromatic heterocycles. The van der Waals surface area contributed by atoms with Crippen LogP contribution in [-0.2, 0) is 17.6 Å². The van der Waals surface area contributed by atoms with E-state index in [4.69, 9.17) is 13.9 Å². The van der Waals surface area contributed by atoms with Gasteiger partial charge in [0.1, 0.15) is 11.3 Å². The topological polar surface area (TPSA) is 98.0 Å². The van der Waals surface area contributed by atoms with Gasteiger partial charge in [-0.05, 0) is 62.1 Å². The lowest BCUT2D eigenvalue weighted by atomic mass is 10.0. The van der Waals surface area contributed by atoms with E-state index in [0.29, 0.717) is 41.2 Å². The number of benzene rings is 2. The van der Waals surface area contributed by atoms with Crippen molar-refractivity contribution in [3.8, 4) is 17.2 Å². The Morgan fingerprint density at radius 2 is 1.77 bits per heavy atom. The summed E-state index contributed by atoms with van der Waals surface area (Å²) in [7, 11) is 3.17. The van der Waals surface area contributed by atoms with Crippen LogP contribution in [0.3, 0.4) is 0 Å². The molecule has 0 unspecified atom stereocenters. The lowest BCUT2D eigenvalue weighted by Gasteiger charge is -2.11. The zero-order valence-corrected chi connectivity index (χ0v) is 18.2. The number of rotatable bonds is 8. The molecule has 2 aromatic carbocycles. The minimum absolute atomic E-state index is 0.0802. The van der Waals surface area contributed by atoms with E-state index in [9.17, 15) is 14.7 Å². The Kier molecular flexibility index (Phi) is 6.84. The standard InChI is InChI=1S/C24H27NO6/c1-14-17-6-8-19(26)15(2)23(17)31-24(28)18(14)7-10-22(27)25-12-11-16-5-9-20(29-3)21(13-16)30-4/h5-6,8-9,13,26H,7,10-12H2,1-4H3,(H,25,27). The van der Waals surface area contributed by atoms with Gasteiger partial charge in [-0.2, -0.15) is 0 Å². The molecule has 7 nitrogen and oxygen atoms in total. The molecule has 1 heterocycles. The summed E-state index contributed by atoms with van der Waals surface area (Å²) in [5, 5.41) is 13.5. The van der Waals surface area contributed by atoms with E-state index in [1.165, 1.54) is 0 Å². The summed E-state index contributed by atoms with van der Waals surface area (Å²) in [6.45, 7) is 4.00. The van der Waals surface area contributed by atoms with Crippen LogP contribution < -0.4 is 20.4 Å². The minimum Gasteiger partial charge on any atom is -0.508 e. The fraction of sp³-hybridized carbons (Fsp3) is 0.333. The Bertz CT molecular complexity index is 1160. The smallest absolute Gasteiger partial charge is 0.339 e. The van der Waals surface area contributed by atoms with E-state index in [-0.39, 0.29) is 24.5 Å². The molecule has 164 valence electrons. The van der Waals surface area contributed by atoms with Crippen LogP contribution in [0.4, 0.5) is 0 Å². The number of phenols is 1. The van der Waals surface area contributed by atoms with E-state index < -0.39 is 5.63 Å². The monoisotopic (exact) mass is 425 g/mol. The van der Waals surface area contributed by atoms with Crippen LogP contribution >= 0.6 is 0 Å².